The summed E-state index contributed by atoms with van der Waals surface area (Å²) in [5.74, 6) is 1.10. The SMILES string of the molecule is CC[C@H]1CN(Cc2nc(-c3ccc(OC)cc3F)oc2C)CCO1. The fourth-order valence-corrected chi connectivity index (χ4v) is 2.87. The lowest BCUT2D eigenvalue weighted by atomic mass is 10.2. The second kappa shape index (κ2) is 7.32. The molecule has 0 unspecified atom stereocenters. The van der Waals surface area contributed by atoms with Gasteiger partial charge in [0.25, 0.3) is 0 Å². The van der Waals surface area contributed by atoms with E-state index in [1.54, 1.807) is 12.1 Å². The molecule has 1 aliphatic heterocycles. The Labute approximate surface area is 141 Å². The minimum Gasteiger partial charge on any atom is -0.497 e. The average Bonchev–Trinajstić information content (AvgIpc) is 2.95. The van der Waals surface area contributed by atoms with Crippen molar-refractivity contribution in [1.82, 2.24) is 9.88 Å². The van der Waals surface area contributed by atoms with E-state index in [0.717, 1.165) is 37.6 Å². The van der Waals surface area contributed by atoms with Crippen molar-refractivity contribution in [2.45, 2.75) is 32.9 Å². The first kappa shape index (κ1) is 16.9. The highest BCUT2D eigenvalue weighted by Gasteiger charge is 2.22. The van der Waals surface area contributed by atoms with Crippen molar-refractivity contribution in [1.29, 1.82) is 0 Å². The van der Waals surface area contributed by atoms with Gasteiger partial charge in [-0.1, -0.05) is 6.92 Å². The van der Waals surface area contributed by atoms with Gasteiger partial charge in [0, 0.05) is 25.7 Å². The number of nitrogens with zero attached hydrogens (tertiary/aromatic N) is 2. The third kappa shape index (κ3) is 3.60. The molecule has 2 aromatic rings. The zero-order chi connectivity index (χ0) is 17.1. The maximum absolute atomic E-state index is 14.2. The van der Waals surface area contributed by atoms with Crippen molar-refractivity contribution in [3.63, 3.8) is 0 Å². The zero-order valence-electron chi connectivity index (χ0n) is 14.3. The highest BCUT2D eigenvalue weighted by Crippen LogP contribution is 2.28. The molecule has 0 aliphatic carbocycles. The number of rotatable bonds is 5. The predicted molar refractivity (Wildman–Crippen MR) is 88.5 cm³/mol. The Morgan fingerprint density at radius 2 is 2.25 bits per heavy atom. The zero-order valence-corrected chi connectivity index (χ0v) is 14.3. The first-order valence-corrected chi connectivity index (χ1v) is 8.25. The van der Waals surface area contributed by atoms with Crippen LogP contribution in [0.15, 0.2) is 22.6 Å². The summed E-state index contributed by atoms with van der Waals surface area (Å²) in [5.41, 5.74) is 1.19. The van der Waals surface area contributed by atoms with E-state index in [9.17, 15) is 4.39 Å². The number of morpholine rings is 1. The number of hydrogen-bond acceptors (Lipinski definition) is 5. The normalized spacial score (nSPS) is 18.8. The standard InChI is InChI=1S/C18H23FN2O3/c1-4-13-10-21(7-8-23-13)11-17-12(2)24-18(20-17)15-6-5-14(22-3)9-16(15)19/h5-6,9,13H,4,7-8,10-11H2,1-3H3/t13-/m0/s1. The number of oxazole rings is 1. The molecule has 1 atom stereocenters. The summed E-state index contributed by atoms with van der Waals surface area (Å²) in [6.45, 7) is 7.16. The van der Waals surface area contributed by atoms with Crippen LogP contribution < -0.4 is 4.74 Å². The molecule has 0 spiro atoms. The second-order valence-corrected chi connectivity index (χ2v) is 6.00. The van der Waals surface area contributed by atoms with Crippen LogP contribution in [-0.2, 0) is 11.3 Å². The fraction of sp³-hybridized carbons (Fsp3) is 0.500. The van der Waals surface area contributed by atoms with Crippen LogP contribution in [0.3, 0.4) is 0 Å². The average molecular weight is 334 g/mol. The molecule has 0 bridgehead atoms. The summed E-state index contributed by atoms with van der Waals surface area (Å²) in [7, 11) is 1.51. The van der Waals surface area contributed by atoms with Crippen LogP contribution in [0.1, 0.15) is 24.8 Å². The number of benzene rings is 1. The molecule has 6 heteroatoms. The third-order valence-corrected chi connectivity index (χ3v) is 4.35. The molecule has 0 N–H and O–H groups in total. The van der Waals surface area contributed by atoms with Crippen LogP contribution in [0.25, 0.3) is 11.5 Å². The minimum absolute atomic E-state index is 0.268. The van der Waals surface area contributed by atoms with Gasteiger partial charge in [-0.3, -0.25) is 4.90 Å². The summed E-state index contributed by atoms with van der Waals surface area (Å²) in [5, 5.41) is 0. The van der Waals surface area contributed by atoms with Gasteiger partial charge in [0.15, 0.2) is 0 Å². The smallest absolute Gasteiger partial charge is 0.229 e. The van der Waals surface area contributed by atoms with Gasteiger partial charge in [0.05, 0.1) is 31.1 Å². The molecule has 5 nitrogen and oxygen atoms in total. The van der Waals surface area contributed by atoms with Crippen LogP contribution >= 0.6 is 0 Å². The van der Waals surface area contributed by atoms with Gasteiger partial charge < -0.3 is 13.9 Å². The first-order valence-electron chi connectivity index (χ1n) is 8.25. The monoisotopic (exact) mass is 334 g/mol. The Morgan fingerprint density at radius 3 is 2.96 bits per heavy atom. The van der Waals surface area contributed by atoms with E-state index < -0.39 is 5.82 Å². The number of methoxy groups -OCH3 is 1. The van der Waals surface area contributed by atoms with Gasteiger partial charge in [-0.05, 0) is 25.5 Å². The van der Waals surface area contributed by atoms with E-state index in [0.29, 0.717) is 23.7 Å². The second-order valence-electron chi connectivity index (χ2n) is 6.00. The van der Waals surface area contributed by atoms with Crippen molar-refractivity contribution < 1.29 is 18.3 Å². The minimum atomic E-state index is -0.403. The van der Waals surface area contributed by atoms with Crippen molar-refractivity contribution in [2.75, 3.05) is 26.8 Å². The molecule has 24 heavy (non-hydrogen) atoms. The largest absolute Gasteiger partial charge is 0.497 e. The lowest BCUT2D eigenvalue weighted by molar-refractivity contribution is -0.0328. The lowest BCUT2D eigenvalue weighted by Crippen LogP contribution is -2.41. The van der Waals surface area contributed by atoms with E-state index in [-0.39, 0.29) is 6.10 Å². The van der Waals surface area contributed by atoms with Crippen LogP contribution in [0.5, 0.6) is 5.75 Å². The Balaban J connectivity index is 1.78. The van der Waals surface area contributed by atoms with E-state index in [4.69, 9.17) is 13.9 Å². The van der Waals surface area contributed by atoms with Crippen LogP contribution in [0, 0.1) is 12.7 Å². The molecule has 0 saturated carbocycles. The van der Waals surface area contributed by atoms with Crippen LogP contribution in [0.2, 0.25) is 0 Å². The molecule has 1 fully saturated rings. The molecular weight excluding hydrogens is 311 g/mol. The van der Waals surface area contributed by atoms with Gasteiger partial charge >= 0.3 is 0 Å². The Bertz CT molecular complexity index is 702. The van der Waals surface area contributed by atoms with Gasteiger partial charge in [0.1, 0.15) is 17.3 Å². The summed E-state index contributed by atoms with van der Waals surface area (Å²) < 4.78 is 30.6. The van der Waals surface area contributed by atoms with Crippen molar-refractivity contribution in [2.24, 2.45) is 0 Å². The molecule has 1 aromatic carbocycles. The fourth-order valence-electron chi connectivity index (χ4n) is 2.87. The summed E-state index contributed by atoms with van der Waals surface area (Å²) in [6, 6.07) is 4.67. The molecule has 0 amide bonds. The molecule has 1 aromatic heterocycles. The quantitative estimate of drug-likeness (QED) is 0.838. The Kier molecular flexibility index (Phi) is 5.16. The van der Waals surface area contributed by atoms with E-state index in [2.05, 4.69) is 16.8 Å². The number of aromatic nitrogens is 1. The predicted octanol–water partition coefficient (Wildman–Crippen LogP) is 3.41. The van der Waals surface area contributed by atoms with E-state index >= 15 is 0 Å². The molecule has 130 valence electrons. The number of hydrogen-bond donors (Lipinski definition) is 0. The van der Waals surface area contributed by atoms with Crippen LogP contribution in [-0.4, -0.2) is 42.8 Å². The number of halogens is 1. The van der Waals surface area contributed by atoms with Gasteiger partial charge in [-0.2, -0.15) is 0 Å². The van der Waals surface area contributed by atoms with Gasteiger partial charge in [-0.25, -0.2) is 9.37 Å². The van der Waals surface area contributed by atoms with E-state index in [1.165, 1.54) is 13.2 Å². The Hall–Kier alpha value is -1.92. The maximum atomic E-state index is 14.2. The third-order valence-electron chi connectivity index (χ3n) is 4.35. The molecule has 3 rings (SSSR count). The summed E-state index contributed by atoms with van der Waals surface area (Å²) in [4.78, 5) is 6.81. The molecule has 0 radical (unpaired) electrons. The van der Waals surface area contributed by atoms with Gasteiger partial charge in [-0.15, -0.1) is 0 Å². The highest BCUT2D eigenvalue weighted by atomic mass is 19.1. The lowest BCUT2D eigenvalue weighted by Gasteiger charge is -2.31. The maximum Gasteiger partial charge on any atom is 0.229 e. The number of ether oxygens (including phenoxy) is 2. The van der Waals surface area contributed by atoms with E-state index in [1.807, 2.05) is 6.92 Å². The van der Waals surface area contributed by atoms with Crippen molar-refractivity contribution >= 4 is 0 Å². The van der Waals surface area contributed by atoms with Crippen molar-refractivity contribution in [3.05, 3.63) is 35.5 Å². The Morgan fingerprint density at radius 1 is 1.42 bits per heavy atom. The first-order chi connectivity index (χ1) is 11.6. The topological polar surface area (TPSA) is 47.7 Å². The van der Waals surface area contributed by atoms with Crippen LogP contribution in [0.4, 0.5) is 4.39 Å². The molecule has 2 heterocycles. The molecular formula is C18H23FN2O3. The van der Waals surface area contributed by atoms with Gasteiger partial charge in [0.2, 0.25) is 5.89 Å². The molecule has 1 aliphatic rings. The molecule has 1 saturated heterocycles. The highest BCUT2D eigenvalue weighted by molar-refractivity contribution is 5.56. The number of aryl methyl sites for hydroxylation is 1. The van der Waals surface area contributed by atoms with Crippen molar-refractivity contribution in [3.8, 4) is 17.2 Å². The summed E-state index contributed by atoms with van der Waals surface area (Å²) >= 11 is 0. The summed E-state index contributed by atoms with van der Waals surface area (Å²) in [6.07, 6.45) is 1.26.